The molecule has 4 N–H and O–H groups in total. The second-order valence-corrected chi connectivity index (χ2v) is 9.21. The number of halogens is 3. The first-order valence-corrected chi connectivity index (χ1v) is 12.2. The highest BCUT2D eigenvalue weighted by molar-refractivity contribution is 5.71. The van der Waals surface area contributed by atoms with Crippen LogP contribution in [-0.2, 0) is 6.18 Å². The predicted octanol–water partition coefficient (Wildman–Crippen LogP) is 5.24. The molecule has 1 fully saturated rings. The minimum atomic E-state index is -4.77. The number of fused-ring (bicyclic) bond motifs is 1. The highest BCUT2D eigenvalue weighted by Crippen LogP contribution is 2.43. The lowest BCUT2D eigenvalue weighted by Crippen LogP contribution is -2.49. The van der Waals surface area contributed by atoms with Gasteiger partial charge < -0.3 is 34.4 Å². The van der Waals surface area contributed by atoms with E-state index in [1.54, 1.807) is 36.4 Å². The summed E-state index contributed by atoms with van der Waals surface area (Å²) >= 11 is 0. The Kier molecular flexibility index (Phi) is 7.45. The third-order valence-electron chi connectivity index (χ3n) is 6.59. The van der Waals surface area contributed by atoms with Crippen molar-refractivity contribution in [3.05, 3.63) is 59.7 Å². The summed E-state index contributed by atoms with van der Waals surface area (Å²) in [6.07, 6.45) is -3.99. The van der Waals surface area contributed by atoms with E-state index in [9.17, 15) is 18.3 Å². The number of benzene rings is 2. The molecule has 0 spiro atoms. The average Bonchev–Trinajstić information content (AvgIpc) is 3.55. The van der Waals surface area contributed by atoms with Crippen LogP contribution in [0.3, 0.4) is 0 Å². The topological polar surface area (TPSA) is 164 Å². The van der Waals surface area contributed by atoms with Crippen LogP contribution < -0.4 is 10.1 Å². The van der Waals surface area contributed by atoms with Gasteiger partial charge in [-0.2, -0.15) is 18.2 Å². The number of hydrogen-bond acceptors (Lipinski definition) is 9. The van der Waals surface area contributed by atoms with Crippen molar-refractivity contribution in [3.8, 4) is 40.0 Å². The fraction of sp³-hybridized carbons (Fsp3) is 0.308. The second kappa shape index (κ2) is 11.0. The molecule has 14 heteroatoms. The molecule has 1 aliphatic carbocycles. The maximum atomic E-state index is 14.0. The summed E-state index contributed by atoms with van der Waals surface area (Å²) in [5.41, 5.74) is -0.134. The number of carboxylic acid groups (broad SMARTS) is 2. The zero-order valence-electron chi connectivity index (χ0n) is 20.6. The lowest BCUT2D eigenvalue weighted by atomic mass is 9.90. The van der Waals surface area contributed by atoms with E-state index < -0.39 is 35.7 Å². The number of rotatable bonds is 5. The van der Waals surface area contributed by atoms with Gasteiger partial charge in [0.15, 0.2) is 0 Å². The summed E-state index contributed by atoms with van der Waals surface area (Å²) in [5.74, 6) is -0.600. The van der Waals surface area contributed by atoms with Crippen molar-refractivity contribution >= 4 is 6.16 Å². The number of carbonyl (C=O) groups is 1. The Labute approximate surface area is 224 Å². The van der Waals surface area contributed by atoms with Gasteiger partial charge in [-0.25, -0.2) is 4.79 Å². The molecule has 4 aromatic rings. The van der Waals surface area contributed by atoms with Crippen molar-refractivity contribution in [1.82, 2.24) is 20.6 Å². The zero-order chi connectivity index (χ0) is 28.4. The number of nitrogens with zero attached hydrogens (tertiary/aromatic N) is 3. The quantitative estimate of drug-likeness (QED) is 0.252. The molecular weight excluding hydrogens is 537 g/mol. The molecule has 6 rings (SSSR count). The molecule has 0 amide bonds. The Hall–Kier alpha value is -4.43. The molecule has 210 valence electrons. The van der Waals surface area contributed by atoms with E-state index in [0.717, 1.165) is 12.8 Å². The summed E-state index contributed by atoms with van der Waals surface area (Å²) in [6.45, 7) is 0.293. The van der Waals surface area contributed by atoms with E-state index in [1.807, 2.05) is 0 Å². The largest absolute Gasteiger partial charge is 0.503 e. The number of alkyl halides is 3. The Morgan fingerprint density at radius 1 is 1.00 bits per heavy atom. The van der Waals surface area contributed by atoms with Crippen molar-refractivity contribution < 1.29 is 47.1 Å². The first-order valence-electron chi connectivity index (χ1n) is 12.2. The smallest absolute Gasteiger partial charge is 0.491 e. The van der Waals surface area contributed by atoms with E-state index in [0.29, 0.717) is 29.5 Å². The molecule has 2 aromatic heterocycles. The number of ether oxygens (including phenoxy) is 1. The summed E-state index contributed by atoms with van der Waals surface area (Å²) in [5, 5.41) is 35.6. The molecule has 1 saturated carbocycles. The van der Waals surface area contributed by atoms with Crippen LogP contribution >= 0.6 is 0 Å². The third kappa shape index (κ3) is 5.62. The van der Waals surface area contributed by atoms with Gasteiger partial charge in [-0.1, -0.05) is 59.2 Å². The molecule has 2 atom stereocenters. The first-order chi connectivity index (χ1) is 19.1. The highest BCUT2D eigenvalue weighted by atomic mass is 19.4. The van der Waals surface area contributed by atoms with Gasteiger partial charge in [-0.3, -0.25) is 0 Å². The van der Waals surface area contributed by atoms with E-state index in [4.69, 9.17) is 28.8 Å². The van der Waals surface area contributed by atoms with Crippen LogP contribution in [0.2, 0.25) is 0 Å². The van der Waals surface area contributed by atoms with Crippen LogP contribution in [0.4, 0.5) is 18.0 Å². The molecule has 0 bridgehead atoms. The lowest BCUT2D eigenvalue weighted by Gasteiger charge is -2.36. The van der Waals surface area contributed by atoms with E-state index in [1.165, 1.54) is 18.6 Å². The number of aromatic nitrogens is 3. The molecule has 2 aromatic carbocycles. The van der Waals surface area contributed by atoms with Crippen molar-refractivity contribution in [2.75, 3.05) is 6.61 Å². The maximum absolute atomic E-state index is 14.0. The van der Waals surface area contributed by atoms with Crippen molar-refractivity contribution in [2.45, 2.75) is 43.6 Å². The molecule has 3 heterocycles. The van der Waals surface area contributed by atoms with Crippen molar-refractivity contribution in [2.24, 2.45) is 0 Å². The second-order valence-electron chi connectivity index (χ2n) is 9.21. The number of hydrogen-bond donors (Lipinski definition) is 4. The van der Waals surface area contributed by atoms with Crippen LogP contribution in [0.1, 0.15) is 36.5 Å². The van der Waals surface area contributed by atoms with E-state index >= 15 is 0 Å². The molecule has 11 nitrogen and oxygen atoms in total. The highest BCUT2D eigenvalue weighted by Gasteiger charge is 2.43. The minimum Gasteiger partial charge on any atom is -0.491 e. The van der Waals surface area contributed by atoms with Crippen LogP contribution in [0.5, 0.6) is 5.75 Å². The number of nitrogens with one attached hydrogen (secondary N) is 1. The average molecular weight is 560 g/mol. The monoisotopic (exact) mass is 560 g/mol. The van der Waals surface area contributed by atoms with E-state index in [2.05, 4.69) is 20.6 Å². The summed E-state index contributed by atoms with van der Waals surface area (Å²) in [7, 11) is 0. The molecule has 2 aliphatic rings. The van der Waals surface area contributed by atoms with E-state index in [-0.39, 0.29) is 23.1 Å². The standard InChI is InChI=1S/C25H21F3N4O4.CH2O3/c26-25(27,28)19-20(13-5-2-1-3-6-13)31-35-22(19)24-30-23(32-36-24)14-9-10-16-18(11-14)34-12-17(21(16)33)29-15-7-4-8-15;2-1(3)4/h1-3,5-6,9-11,15,17,21,29,33H,4,7-8,12H2;(H2,2,3,4)/t17-,21+;/m1./s1. The van der Waals surface area contributed by atoms with Gasteiger partial charge in [0.1, 0.15) is 29.7 Å². The molecule has 1 aliphatic heterocycles. The van der Waals surface area contributed by atoms with Crippen molar-refractivity contribution in [3.63, 3.8) is 0 Å². The maximum Gasteiger partial charge on any atom is 0.503 e. The fourth-order valence-corrected chi connectivity index (χ4v) is 4.47. The molecule has 40 heavy (non-hydrogen) atoms. The fourth-order valence-electron chi connectivity index (χ4n) is 4.47. The Bertz CT molecular complexity index is 1480. The van der Waals surface area contributed by atoms with Gasteiger partial charge in [0.25, 0.3) is 5.89 Å². The third-order valence-corrected chi connectivity index (χ3v) is 6.59. The Morgan fingerprint density at radius 3 is 2.38 bits per heavy atom. The normalized spacial score (nSPS) is 18.6. The summed E-state index contributed by atoms with van der Waals surface area (Å²) < 4.78 is 58.0. The molecule has 0 unspecified atom stereocenters. The van der Waals surface area contributed by atoms with Crippen LogP contribution in [0, 0.1) is 0 Å². The molecule has 0 radical (unpaired) electrons. The van der Waals surface area contributed by atoms with Gasteiger partial charge in [-0.15, -0.1) is 0 Å². The van der Waals surface area contributed by atoms with Crippen LogP contribution in [0.15, 0.2) is 57.6 Å². The van der Waals surface area contributed by atoms with Crippen LogP contribution in [0.25, 0.3) is 34.3 Å². The number of aliphatic hydroxyl groups is 1. The Morgan fingerprint density at radius 2 is 1.73 bits per heavy atom. The first kappa shape index (κ1) is 27.1. The van der Waals surface area contributed by atoms with Crippen LogP contribution in [-0.4, -0.2) is 55.5 Å². The van der Waals surface area contributed by atoms with Gasteiger partial charge in [0.2, 0.25) is 11.6 Å². The predicted molar refractivity (Wildman–Crippen MR) is 131 cm³/mol. The number of aliphatic hydroxyl groups excluding tert-OH is 1. The summed E-state index contributed by atoms with van der Waals surface area (Å²) in [4.78, 5) is 12.7. The minimum absolute atomic E-state index is 0.0476. The SMILES string of the molecule is O=C(O)O.O[C@H]1c2ccc(-c3noc(-c4onc(-c5ccccc5)c4C(F)(F)F)n3)cc2OC[C@H]1NC1CCC1. The Balaban J connectivity index is 0.000000758. The summed E-state index contributed by atoms with van der Waals surface area (Å²) in [6, 6.07) is 13.1. The molecular formula is C26H23F3N4O7. The van der Waals surface area contributed by atoms with Gasteiger partial charge in [-0.05, 0) is 18.9 Å². The van der Waals surface area contributed by atoms with Crippen molar-refractivity contribution in [1.29, 1.82) is 0 Å². The van der Waals surface area contributed by atoms with Gasteiger partial charge in [0, 0.05) is 22.7 Å². The lowest BCUT2D eigenvalue weighted by molar-refractivity contribution is -0.137. The van der Waals surface area contributed by atoms with Gasteiger partial charge >= 0.3 is 12.3 Å². The van der Waals surface area contributed by atoms with Gasteiger partial charge in [0.05, 0.1) is 6.04 Å². The molecule has 0 saturated heterocycles. The zero-order valence-corrected chi connectivity index (χ0v) is 20.6.